The van der Waals surface area contributed by atoms with E-state index in [4.69, 9.17) is 19.7 Å². The standard InChI is InChI=1S/C12H12N2O5S/c1-20(15,16)5-8-11(12(13)19-14-8)7-2-3-9-10(4-7)18-6-17-9/h2-4H,5-6,13H2,1H3. The number of rotatable bonds is 3. The van der Waals surface area contributed by atoms with Crippen LogP contribution in [0.25, 0.3) is 11.1 Å². The Labute approximate surface area is 115 Å². The summed E-state index contributed by atoms with van der Waals surface area (Å²) in [6.07, 6.45) is 1.13. The normalized spacial score (nSPS) is 13.7. The number of nitrogen functional groups attached to an aromatic ring is 1. The lowest BCUT2D eigenvalue weighted by Gasteiger charge is -2.03. The van der Waals surface area contributed by atoms with Gasteiger partial charge in [-0.1, -0.05) is 11.2 Å². The molecule has 0 spiro atoms. The molecular weight excluding hydrogens is 284 g/mol. The van der Waals surface area contributed by atoms with E-state index in [-0.39, 0.29) is 24.1 Å². The molecule has 0 radical (unpaired) electrons. The molecule has 1 aromatic carbocycles. The zero-order valence-electron chi connectivity index (χ0n) is 10.6. The van der Waals surface area contributed by atoms with Crippen molar-refractivity contribution >= 4 is 15.7 Å². The predicted octanol–water partition coefficient (Wildman–Crippen LogP) is 1.20. The summed E-state index contributed by atoms with van der Waals surface area (Å²) in [5.74, 6) is 1.04. The van der Waals surface area contributed by atoms with Gasteiger partial charge in [-0.15, -0.1) is 0 Å². The number of nitrogens with two attached hydrogens (primary N) is 1. The minimum Gasteiger partial charge on any atom is -0.454 e. The molecule has 1 aromatic heterocycles. The van der Waals surface area contributed by atoms with Crippen LogP contribution in [-0.4, -0.2) is 26.6 Å². The molecule has 2 heterocycles. The zero-order chi connectivity index (χ0) is 14.3. The Morgan fingerprint density at radius 2 is 2.05 bits per heavy atom. The first-order valence-electron chi connectivity index (χ1n) is 5.76. The first-order valence-corrected chi connectivity index (χ1v) is 7.82. The van der Waals surface area contributed by atoms with Crippen molar-refractivity contribution < 1.29 is 22.4 Å². The van der Waals surface area contributed by atoms with Crippen molar-refractivity contribution in [3.8, 4) is 22.6 Å². The molecule has 20 heavy (non-hydrogen) atoms. The molecule has 0 atom stereocenters. The van der Waals surface area contributed by atoms with Gasteiger partial charge in [-0.05, 0) is 17.7 Å². The number of benzene rings is 1. The molecule has 0 fully saturated rings. The van der Waals surface area contributed by atoms with E-state index < -0.39 is 9.84 Å². The van der Waals surface area contributed by atoms with E-state index >= 15 is 0 Å². The lowest BCUT2D eigenvalue weighted by atomic mass is 10.1. The van der Waals surface area contributed by atoms with Gasteiger partial charge in [0.05, 0.1) is 11.3 Å². The highest BCUT2D eigenvalue weighted by Crippen LogP contribution is 2.39. The van der Waals surface area contributed by atoms with Gasteiger partial charge in [0, 0.05) is 6.26 Å². The second-order valence-corrected chi connectivity index (χ2v) is 6.65. The Kier molecular flexibility index (Phi) is 2.82. The Hall–Kier alpha value is -2.22. The van der Waals surface area contributed by atoms with Crippen molar-refractivity contribution in [2.45, 2.75) is 5.75 Å². The van der Waals surface area contributed by atoms with Gasteiger partial charge in [0.1, 0.15) is 5.69 Å². The second-order valence-electron chi connectivity index (χ2n) is 4.51. The van der Waals surface area contributed by atoms with Gasteiger partial charge < -0.3 is 19.7 Å². The second kappa shape index (κ2) is 4.41. The van der Waals surface area contributed by atoms with Crippen LogP contribution in [0, 0.1) is 0 Å². The molecular formula is C12H12N2O5S. The topological polar surface area (TPSA) is 105 Å². The van der Waals surface area contributed by atoms with Crippen LogP contribution in [0.15, 0.2) is 22.7 Å². The largest absolute Gasteiger partial charge is 0.454 e. The maximum absolute atomic E-state index is 11.4. The molecule has 7 nitrogen and oxygen atoms in total. The van der Waals surface area contributed by atoms with E-state index in [1.165, 1.54) is 0 Å². The summed E-state index contributed by atoms with van der Waals surface area (Å²) in [6.45, 7) is 0.161. The molecule has 1 aliphatic rings. The molecule has 106 valence electrons. The fraction of sp³-hybridized carbons (Fsp3) is 0.250. The number of sulfone groups is 1. The zero-order valence-corrected chi connectivity index (χ0v) is 11.4. The SMILES string of the molecule is CS(=O)(=O)Cc1noc(N)c1-c1ccc2c(c1)OCO2. The van der Waals surface area contributed by atoms with Crippen molar-refractivity contribution in [2.75, 3.05) is 18.8 Å². The van der Waals surface area contributed by atoms with Crippen molar-refractivity contribution in [1.29, 1.82) is 0 Å². The minimum atomic E-state index is -3.24. The van der Waals surface area contributed by atoms with Crippen LogP contribution in [0.4, 0.5) is 5.88 Å². The van der Waals surface area contributed by atoms with E-state index in [0.29, 0.717) is 22.6 Å². The maximum atomic E-state index is 11.4. The number of nitrogens with zero attached hydrogens (tertiary/aromatic N) is 1. The van der Waals surface area contributed by atoms with Gasteiger partial charge in [-0.3, -0.25) is 0 Å². The third kappa shape index (κ3) is 2.29. The average Bonchev–Trinajstić information content (AvgIpc) is 2.93. The van der Waals surface area contributed by atoms with Crippen LogP contribution >= 0.6 is 0 Å². The highest BCUT2D eigenvalue weighted by atomic mass is 32.2. The molecule has 0 bridgehead atoms. The smallest absolute Gasteiger partial charge is 0.231 e. The Morgan fingerprint density at radius 3 is 2.80 bits per heavy atom. The highest BCUT2D eigenvalue weighted by molar-refractivity contribution is 7.89. The Morgan fingerprint density at radius 1 is 1.30 bits per heavy atom. The van der Waals surface area contributed by atoms with Crippen LogP contribution in [0.5, 0.6) is 11.5 Å². The van der Waals surface area contributed by atoms with Crippen LogP contribution in [0.1, 0.15) is 5.69 Å². The molecule has 1 aliphatic heterocycles. The lowest BCUT2D eigenvalue weighted by Crippen LogP contribution is -2.02. The monoisotopic (exact) mass is 296 g/mol. The summed E-state index contributed by atoms with van der Waals surface area (Å²) in [4.78, 5) is 0. The van der Waals surface area contributed by atoms with Crippen LogP contribution < -0.4 is 15.2 Å². The minimum absolute atomic E-state index is 0.0718. The van der Waals surface area contributed by atoms with E-state index in [9.17, 15) is 8.42 Å². The van der Waals surface area contributed by atoms with Crippen molar-refractivity contribution in [2.24, 2.45) is 0 Å². The fourth-order valence-electron chi connectivity index (χ4n) is 2.05. The third-order valence-electron chi connectivity index (χ3n) is 2.85. The predicted molar refractivity (Wildman–Crippen MR) is 71.0 cm³/mol. The van der Waals surface area contributed by atoms with Crippen LogP contribution in [0.3, 0.4) is 0 Å². The summed E-state index contributed by atoms with van der Waals surface area (Å²) in [6, 6.07) is 5.20. The van der Waals surface area contributed by atoms with Gasteiger partial charge in [0.15, 0.2) is 21.3 Å². The third-order valence-corrected chi connectivity index (χ3v) is 3.65. The Balaban J connectivity index is 2.08. The van der Waals surface area contributed by atoms with Crippen molar-refractivity contribution in [3.05, 3.63) is 23.9 Å². The molecule has 2 aromatic rings. The number of aromatic nitrogens is 1. The van der Waals surface area contributed by atoms with Gasteiger partial charge in [0.25, 0.3) is 0 Å². The lowest BCUT2D eigenvalue weighted by molar-refractivity contribution is 0.174. The quantitative estimate of drug-likeness (QED) is 0.907. The first kappa shape index (κ1) is 12.8. The van der Waals surface area contributed by atoms with Gasteiger partial charge in [-0.25, -0.2) is 8.42 Å². The fourth-order valence-corrected chi connectivity index (χ4v) is 2.74. The molecule has 0 saturated carbocycles. The van der Waals surface area contributed by atoms with Gasteiger partial charge in [-0.2, -0.15) is 0 Å². The average molecular weight is 296 g/mol. The number of hydrogen-bond donors (Lipinski definition) is 1. The van der Waals surface area contributed by atoms with Crippen LogP contribution in [-0.2, 0) is 15.6 Å². The van der Waals surface area contributed by atoms with Crippen molar-refractivity contribution in [1.82, 2.24) is 5.16 Å². The van der Waals surface area contributed by atoms with Gasteiger partial charge in [0.2, 0.25) is 12.7 Å². The molecule has 2 N–H and O–H groups in total. The summed E-state index contributed by atoms with van der Waals surface area (Å²) in [5, 5.41) is 3.72. The van der Waals surface area contributed by atoms with E-state index in [2.05, 4.69) is 5.16 Å². The van der Waals surface area contributed by atoms with Crippen molar-refractivity contribution in [3.63, 3.8) is 0 Å². The Bertz CT molecular complexity index is 766. The summed E-state index contributed by atoms with van der Waals surface area (Å²) in [7, 11) is -3.24. The number of fused-ring (bicyclic) bond motifs is 1. The molecule has 3 rings (SSSR count). The molecule has 0 saturated heterocycles. The van der Waals surface area contributed by atoms with E-state index in [1.807, 2.05) is 0 Å². The molecule has 0 amide bonds. The highest BCUT2D eigenvalue weighted by Gasteiger charge is 2.22. The summed E-state index contributed by atoms with van der Waals surface area (Å²) < 4.78 is 38.2. The van der Waals surface area contributed by atoms with E-state index in [0.717, 1.165) is 6.26 Å². The summed E-state index contributed by atoms with van der Waals surface area (Å²) >= 11 is 0. The van der Waals surface area contributed by atoms with E-state index in [1.54, 1.807) is 18.2 Å². The van der Waals surface area contributed by atoms with Crippen LogP contribution in [0.2, 0.25) is 0 Å². The maximum Gasteiger partial charge on any atom is 0.231 e. The number of ether oxygens (including phenoxy) is 2. The first-order chi connectivity index (χ1) is 9.44. The molecule has 8 heteroatoms. The number of anilines is 1. The number of hydrogen-bond acceptors (Lipinski definition) is 7. The summed E-state index contributed by atoms with van der Waals surface area (Å²) in [5.41, 5.74) is 7.16. The van der Waals surface area contributed by atoms with Gasteiger partial charge >= 0.3 is 0 Å². The molecule has 0 unspecified atom stereocenters. The molecule has 0 aliphatic carbocycles.